The van der Waals surface area contributed by atoms with Gasteiger partial charge in [-0.25, -0.2) is 0 Å². The minimum absolute atomic E-state index is 0.114. The number of hydrogen-bond donors (Lipinski definition) is 0. The summed E-state index contributed by atoms with van der Waals surface area (Å²) in [6, 6.07) is 0. The second kappa shape index (κ2) is 4.74. The fourth-order valence-corrected chi connectivity index (χ4v) is 5.13. The maximum absolute atomic E-state index is 12.5. The summed E-state index contributed by atoms with van der Waals surface area (Å²) in [5, 5.41) is 0. The molecule has 0 aromatic heterocycles. The van der Waals surface area contributed by atoms with Gasteiger partial charge in [-0.15, -0.1) is 0 Å². The van der Waals surface area contributed by atoms with Crippen molar-refractivity contribution in [1.29, 1.82) is 0 Å². The zero-order valence-corrected chi connectivity index (χ0v) is 11.6. The second-order valence-electron chi connectivity index (χ2n) is 5.85. The van der Waals surface area contributed by atoms with Crippen LogP contribution in [-0.4, -0.2) is 56.4 Å². The molecular formula is C12H22N2O3S. The molecule has 1 spiro atoms. The highest BCUT2D eigenvalue weighted by atomic mass is 32.2. The predicted molar refractivity (Wildman–Crippen MR) is 68.4 cm³/mol. The molecule has 0 amide bonds. The number of rotatable bonds is 2. The van der Waals surface area contributed by atoms with Crippen LogP contribution in [-0.2, 0) is 14.9 Å². The van der Waals surface area contributed by atoms with E-state index in [4.69, 9.17) is 4.74 Å². The Morgan fingerprint density at radius 1 is 0.944 bits per heavy atom. The molecule has 1 unspecified atom stereocenters. The summed E-state index contributed by atoms with van der Waals surface area (Å²) in [5.41, 5.74) is 0.114. The van der Waals surface area contributed by atoms with Gasteiger partial charge >= 0.3 is 0 Å². The van der Waals surface area contributed by atoms with Gasteiger partial charge in [-0.2, -0.15) is 17.0 Å². The number of nitrogens with zero attached hydrogens (tertiary/aromatic N) is 2. The maximum Gasteiger partial charge on any atom is 0.281 e. The van der Waals surface area contributed by atoms with Crippen LogP contribution in [0.3, 0.4) is 0 Å². The molecule has 3 rings (SSSR count). The molecule has 0 radical (unpaired) electrons. The van der Waals surface area contributed by atoms with Crippen LogP contribution in [0.4, 0.5) is 0 Å². The minimum atomic E-state index is -3.21. The molecule has 3 saturated heterocycles. The van der Waals surface area contributed by atoms with Crippen LogP contribution in [0.2, 0.25) is 0 Å². The number of ether oxygens (including phenoxy) is 1. The lowest BCUT2D eigenvalue weighted by molar-refractivity contribution is 0.157. The van der Waals surface area contributed by atoms with Crippen molar-refractivity contribution in [2.24, 2.45) is 5.41 Å². The van der Waals surface area contributed by atoms with Gasteiger partial charge in [-0.1, -0.05) is 6.42 Å². The van der Waals surface area contributed by atoms with E-state index >= 15 is 0 Å². The summed E-state index contributed by atoms with van der Waals surface area (Å²) >= 11 is 0. The Morgan fingerprint density at radius 2 is 1.72 bits per heavy atom. The Balaban J connectivity index is 1.70. The zero-order valence-electron chi connectivity index (χ0n) is 10.8. The molecule has 0 bridgehead atoms. The summed E-state index contributed by atoms with van der Waals surface area (Å²) in [6.07, 6.45) is 5.13. The average Bonchev–Trinajstić information content (AvgIpc) is 3.02. The minimum Gasteiger partial charge on any atom is -0.381 e. The third-order valence-electron chi connectivity index (χ3n) is 4.56. The standard InChI is InChI=1S/C12H22N2O3S/c15-18(16,13-6-2-1-3-7-13)14-8-4-12(10-14)5-9-17-11-12/h1-11H2. The van der Waals surface area contributed by atoms with E-state index in [1.165, 1.54) is 0 Å². The van der Waals surface area contributed by atoms with Crippen molar-refractivity contribution in [2.45, 2.75) is 32.1 Å². The Labute approximate surface area is 109 Å². The summed E-state index contributed by atoms with van der Waals surface area (Å²) in [4.78, 5) is 0. The van der Waals surface area contributed by atoms with Crippen LogP contribution in [0.25, 0.3) is 0 Å². The topological polar surface area (TPSA) is 49.9 Å². The van der Waals surface area contributed by atoms with Gasteiger partial charge in [0.25, 0.3) is 10.2 Å². The first-order valence-electron chi connectivity index (χ1n) is 6.95. The highest BCUT2D eigenvalue weighted by Gasteiger charge is 2.46. The zero-order chi connectivity index (χ0) is 12.6. The van der Waals surface area contributed by atoms with Gasteiger partial charge in [0.2, 0.25) is 0 Å². The molecule has 3 fully saturated rings. The fourth-order valence-electron chi connectivity index (χ4n) is 3.32. The van der Waals surface area contributed by atoms with Crippen LogP contribution < -0.4 is 0 Å². The van der Waals surface area contributed by atoms with Crippen molar-refractivity contribution >= 4 is 10.2 Å². The van der Waals surface area contributed by atoms with Crippen molar-refractivity contribution < 1.29 is 13.2 Å². The number of piperidine rings is 1. The van der Waals surface area contributed by atoms with Crippen molar-refractivity contribution in [1.82, 2.24) is 8.61 Å². The van der Waals surface area contributed by atoms with Crippen LogP contribution in [0.1, 0.15) is 32.1 Å². The first kappa shape index (κ1) is 12.8. The van der Waals surface area contributed by atoms with Gasteiger partial charge < -0.3 is 4.74 Å². The molecule has 0 N–H and O–H groups in total. The molecule has 18 heavy (non-hydrogen) atoms. The summed E-state index contributed by atoms with van der Waals surface area (Å²) in [7, 11) is -3.21. The third kappa shape index (κ3) is 2.19. The molecule has 3 heterocycles. The molecule has 0 aromatic carbocycles. The summed E-state index contributed by atoms with van der Waals surface area (Å²) in [5.74, 6) is 0. The van der Waals surface area contributed by atoms with Crippen LogP contribution >= 0.6 is 0 Å². The van der Waals surface area contributed by atoms with E-state index in [-0.39, 0.29) is 5.41 Å². The Morgan fingerprint density at radius 3 is 2.39 bits per heavy atom. The second-order valence-corrected chi connectivity index (χ2v) is 7.78. The quantitative estimate of drug-likeness (QED) is 0.749. The molecule has 1 atom stereocenters. The van der Waals surface area contributed by atoms with E-state index in [0.29, 0.717) is 26.2 Å². The normalized spacial score (nSPS) is 35.6. The molecule has 0 aromatic rings. The Kier molecular flexibility index (Phi) is 3.38. The largest absolute Gasteiger partial charge is 0.381 e. The van der Waals surface area contributed by atoms with Gasteiger partial charge in [-0.05, 0) is 25.7 Å². The monoisotopic (exact) mass is 274 g/mol. The first-order valence-corrected chi connectivity index (χ1v) is 8.35. The van der Waals surface area contributed by atoms with E-state index in [0.717, 1.165) is 45.3 Å². The van der Waals surface area contributed by atoms with Gasteiger partial charge in [-0.3, -0.25) is 0 Å². The van der Waals surface area contributed by atoms with E-state index in [1.54, 1.807) is 8.61 Å². The van der Waals surface area contributed by atoms with Gasteiger partial charge in [0.15, 0.2) is 0 Å². The lowest BCUT2D eigenvalue weighted by Crippen LogP contribution is -2.45. The van der Waals surface area contributed by atoms with Crippen LogP contribution in [0.5, 0.6) is 0 Å². The molecule has 5 nitrogen and oxygen atoms in total. The molecule has 3 aliphatic heterocycles. The van der Waals surface area contributed by atoms with E-state index < -0.39 is 10.2 Å². The fraction of sp³-hybridized carbons (Fsp3) is 1.00. The van der Waals surface area contributed by atoms with Crippen LogP contribution in [0.15, 0.2) is 0 Å². The summed E-state index contributed by atoms with van der Waals surface area (Å²) in [6.45, 7) is 4.25. The highest BCUT2D eigenvalue weighted by molar-refractivity contribution is 7.86. The highest BCUT2D eigenvalue weighted by Crippen LogP contribution is 2.39. The molecule has 3 aliphatic rings. The smallest absolute Gasteiger partial charge is 0.281 e. The van der Waals surface area contributed by atoms with Crippen molar-refractivity contribution in [2.75, 3.05) is 39.4 Å². The third-order valence-corrected chi connectivity index (χ3v) is 6.54. The summed E-state index contributed by atoms with van der Waals surface area (Å²) < 4.78 is 33.9. The lowest BCUT2D eigenvalue weighted by atomic mass is 9.87. The van der Waals surface area contributed by atoms with Gasteiger partial charge in [0.1, 0.15) is 0 Å². The van der Waals surface area contributed by atoms with Crippen molar-refractivity contribution in [3.05, 3.63) is 0 Å². The van der Waals surface area contributed by atoms with Crippen molar-refractivity contribution in [3.63, 3.8) is 0 Å². The molecule has 104 valence electrons. The average molecular weight is 274 g/mol. The first-order chi connectivity index (χ1) is 8.62. The lowest BCUT2D eigenvalue weighted by Gasteiger charge is -2.30. The van der Waals surface area contributed by atoms with E-state index in [1.807, 2.05) is 0 Å². The van der Waals surface area contributed by atoms with Gasteiger partial charge in [0.05, 0.1) is 6.61 Å². The molecule has 0 aliphatic carbocycles. The molecular weight excluding hydrogens is 252 g/mol. The van der Waals surface area contributed by atoms with Gasteiger partial charge in [0, 0.05) is 38.2 Å². The Bertz CT molecular complexity index is 398. The Hall–Kier alpha value is -0.170. The molecule has 0 saturated carbocycles. The van der Waals surface area contributed by atoms with Crippen molar-refractivity contribution in [3.8, 4) is 0 Å². The maximum atomic E-state index is 12.5. The van der Waals surface area contributed by atoms with E-state index in [9.17, 15) is 8.42 Å². The molecule has 6 heteroatoms. The van der Waals surface area contributed by atoms with Crippen LogP contribution in [0, 0.1) is 5.41 Å². The number of hydrogen-bond acceptors (Lipinski definition) is 3. The van der Waals surface area contributed by atoms with E-state index in [2.05, 4.69) is 0 Å². The predicted octanol–water partition coefficient (Wildman–Crippen LogP) is 0.829. The SMILES string of the molecule is O=S(=O)(N1CCCCC1)N1CCC2(CCOC2)C1.